The Kier molecular flexibility index (Phi) is 4.94. The maximum Gasteiger partial charge on any atom is 0.101 e. The number of hydrogen-bond donors (Lipinski definition) is 0. The molecule has 0 aliphatic rings. The topological polar surface area (TPSA) is 41.6 Å². The van der Waals surface area contributed by atoms with Crippen LogP contribution in [0.4, 0.5) is 0 Å². The standard InChI is InChI=1S/C32H23N3/c1-21-7-3-4-8-26(21)24-11-12-31-29(18-24)27-9-5-6-10-30(27)35(31)32-19-28(22(2)17-25(32)20-33)23-13-15-34-16-14-23/h3-19H,1-2H3. The summed E-state index contributed by atoms with van der Waals surface area (Å²) < 4.78 is 2.23. The van der Waals surface area contributed by atoms with Crippen molar-refractivity contribution in [3.63, 3.8) is 0 Å². The van der Waals surface area contributed by atoms with Crippen LogP contribution in [0.5, 0.6) is 0 Å². The van der Waals surface area contributed by atoms with Crippen LogP contribution in [0.25, 0.3) is 49.7 Å². The quantitative estimate of drug-likeness (QED) is 0.275. The van der Waals surface area contributed by atoms with E-state index in [0.717, 1.165) is 33.4 Å². The van der Waals surface area contributed by atoms with E-state index in [1.807, 2.05) is 18.2 Å². The van der Waals surface area contributed by atoms with Gasteiger partial charge in [0.15, 0.2) is 0 Å². The van der Waals surface area contributed by atoms with Gasteiger partial charge < -0.3 is 4.57 Å². The molecule has 35 heavy (non-hydrogen) atoms. The fraction of sp³-hybridized carbons (Fsp3) is 0.0625. The number of pyridine rings is 1. The lowest BCUT2D eigenvalue weighted by Gasteiger charge is -2.15. The van der Waals surface area contributed by atoms with Crippen molar-refractivity contribution in [2.24, 2.45) is 0 Å². The van der Waals surface area contributed by atoms with Gasteiger partial charge in [-0.05, 0) is 89.7 Å². The fourth-order valence-electron chi connectivity index (χ4n) is 5.11. The summed E-state index contributed by atoms with van der Waals surface area (Å²) in [4.78, 5) is 4.17. The molecule has 0 spiro atoms. The molecule has 166 valence electrons. The minimum atomic E-state index is 0.658. The maximum atomic E-state index is 10.1. The van der Waals surface area contributed by atoms with Crippen LogP contribution in [0.15, 0.2) is 103 Å². The van der Waals surface area contributed by atoms with E-state index in [4.69, 9.17) is 0 Å². The first-order valence-electron chi connectivity index (χ1n) is 11.7. The third kappa shape index (κ3) is 3.39. The van der Waals surface area contributed by atoms with Crippen molar-refractivity contribution in [3.05, 3.63) is 120 Å². The smallest absolute Gasteiger partial charge is 0.101 e. The van der Waals surface area contributed by atoms with Crippen LogP contribution in [0.2, 0.25) is 0 Å². The lowest BCUT2D eigenvalue weighted by atomic mass is 9.97. The summed E-state index contributed by atoms with van der Waals surface area (Å²) in [5.74, 6) is 0. The monoisotopic (exact) mass is 449 g/mol. The van der Waals surface area contributed by atoms with Gasteiger partial charge in [0.25, 0.3) is 0 Å². The molecule has 2 heterocycles. The predicted molar refractivity (Wildman–Crippen MR) is 144 cm³/mol. The van der Waals surface area contributed by atoms with Gasteiger partial charge in [0, 0.05) is 23.2 Å². The molecule has 0 amide bonds. The van der Waals surface area contributed by atoms with Gasteiger partial charge in [0.05, 0.1) is 22.3 Å². The number of fused-ring (bicyclic) bond motifs is 3. The lowest BCUT2D eigenvalue weighted by molar-refractivity contribution is 1.16. The molecule has 4 aromatic carbocycles. The molecule has 3 heteroatoms. The van der Waals surface area contributed by atoms with Crippen LogP contribution in [0.1, 0.15) is 16.7 Å². The molecule has 3 nitrogen and oxygen atoms in total. The van der Waals surface area contributed by atoms with Gasteiger partial charge in [-0.1, -0.05) is 48.5 Å². The molecule has 0 fully saturated rings. The summed E-state index contributed by atoms with van der Waals surface area (Å²) in [5, 5.41) is 12.4. The Morgan fingerprint density at radius 1 is 0.657 bits per heavy atom. The molecule has 2 aromatic heterocycles. The van der Waals surface area contributed by atoms with Crippen LogP contribution < -0.4 is 0 Å². The number of aryl methyl sites for hydroxylation is 2. The van der Waals surface area contributed by atoms with Gasteiger partial charge in [-0.25, -0.2) is 0 Å². The normalized spacial score (nSPS) is 11.1. The molecule has 0 aliphatic heterocycles. The van der Waals surface area contributed by atoms with Crippen molar-refractivity contribution < 1.29 is 0 Å². The Morgan fingerprint density at radius 3 is 2.20 bits per heavy atom. The molecule has 0 saturated heterocycles. The third-order valence-electron chi connectivity index (χ3n) is 6.82. The SMILES string of the molecule is Cc1ccccc1-c1ccc2c(c1)c1ccccc1n2-c1cc(-c2ccncc2)c(C)cc1C#N. The van der Waals surface area contributed by atoms with Gasteiger partial charge in [0.1, 0.15) is 6.07 Å². The molecule has 0 saturated carbocycles. The van der Waals surface area contributed by atoms with Gasteiger partial charge in [-0.15, -0.1) is 0 Å². The predicted octanol–water partition coefficient (Wildman–Crippen LogP) is 8.00. The molecule has 0 unspecified atom stereocenters. The van der Waals surface area contributed by atoms with Crippen LogP contribution in [-0.2, 0) is 0 Å². The molecule has 0 atom stereocenters. The maximum absolute atomic E-state index is 10.1. The lowest BCUT2D eigenvalue weighted by Crippen LogP contribution is -2.00. The fourth-order valence-corrected chi connectivity index (χ4v) is 5.11. The van der Waals surface area contributed by atoms with E-state index in [1.165, 1.54) is 27.5 Å². The second kappa shape index (κ2) is 8.27. The average Bonchev–Trinajstić information content (AvgIpc) is 3.23. The molecular formula is C32H23N3. The van der Waals surface area contributed by atoms with E-state index in [-0.39, 0.29) is 0 Å². The minimum absolute atomic E-state index is 0.658. The minimum Gasteiger partial charge on any atom is -0.308 e. The molecule has 6 rings (SSSR count). The first-order chi connectivity index (χ1) is 17.2. The van der Waals surface area contributed by atoms with E-state index >= 15 is 0 Å². The second-order valence-electron chi connectivity index (χ2n) is 8.93. The van der Waals surface area contributed by atoms with Gasteiger partial charge in [-0.2, -0.15) is 5.26 Å². The highest BCUT2D eigenvalue weighted by molar-refractivity contribution is 6.10. The zero-order valence-corrected chi connectivity index (χ0v) is 19.7. The highest BCUT2D eigenvalue weighted by Gasteiger charge is 2.17. The van der Waals surface area contributed by atoms with Crippen molar-refractivity contribution in [2.75, 3.05) is 0 Å². The number of nitriles is 1. The summed E-state index contributed by atoms with van der Waals surface area (Å²) in [5.41, 5.74) is 10.7. The van der Waals surface area contributed by atoms with Crippen molar-refractivity contribution in [1.29, 1.82) is 5.26 Å². The summed E-state index contributed by atoms with van der Waals surface area (Å²) in [6.45, 7) is 4.20. The van der Waals surface area contributed by atoms with Gasteiger partial charge in [0.2, 0.25) is 0 Å². The van der Waals surface area contributed by atoms with Crippen molar-refractivity contribution in [1.82, 2.24) is 9.55 Å². The Bertz CT molecular complexity index is 1770. The van der Waals surface area contributed by atoms with Crippen molar-refractivity contribution in [2.45, 2.75) is 13.8 Å². The zero-order chi connectivity index (χ0) is 23.9. The molecular weight excluding hydrogens is 426 g/mol. The van der Waals surface area contributed by atoms with Crippen LogP contribution in [0, 0.1) is 25.2 Å². The molecule has 0 bridgehead atoms. The van der Waals surface area contributed by atoms with E-state index in [0.29, 0.717) is 5.56 Å². The highest BCUT2D eigenvalue weighted by Crippen LogP contribution is 2.38. The molecule has 0 N–H and O–H groups in total. The Hall–Kier alpha value is -4.68. The first kappa shape index (κ1) is 20.9. The summed E-state index contributed by atoms with van der Waals surface area (Å²) in [6.07, 6.45) is 3.61. The number of rotatable bonds is 3. The van der Waals surface area contributed by atoms with Gasteiger partial charge in [-0.3, -0.25) is 4.98 Å². The zero-order valence-electron chi connectivity index (χ0n) is 19.7. The van der Waals surface area contributed by atoms with Crippen molar-refractivity contribution >= 4 is 21.8 Å². The average molecular weight is 450 g/mol. The van der Waals surface area contributed by atoms with E-state index in [2.05, 4.69) is 102 Å². The number of para-hydroxylation sites is 1. The van der Waals surface area contributed by atoms with E-state index in [1.54, 1.807) is 12.4 Å². The van der Waals surface area contributed by atoms with E-state index < -0.39 is 0 Å². The van der Waals surface area contributed by atoms with Crippen molar-refractivity contribution in [3.8, 4) is 34.0 Å². The summed E-state index contributed by atoms with van der Waals surface area (Å²) in [7, 11) is 0. The van der Waals surface area contributed by atoms with Crippen LogP contribution in [0.3, 0.4) is 0 Å². The Labute approximate surface area is 204 Å². The van der Waals surface area contributed by atoms with Gasteiger partial charge >= 0.3 is 0 Å². The number of hydrogen-bond acceptors (Lipinski definition) is 2. The first-order valence-corrected chi connectivity index (χ1v) is 11.7. The van der Waals surface area contributed by atoms with Crippen LogP contribution in [-0.4, -0.2) is 9.55 Å². The largest absolute Gasteiger partial charge is 0.308 e. The summed E-state index contributed by atoms with van der Waals surface area (Å²) >= 11 is 0. The highest BCUT2D eigenvalue weighted by atomic mass is 15.0. The van der Waals surface area contributed by atoms with E-state index in [9.17, 15) is 5.26 Å². The molecule has 0 aliphatic carbocycles. The number of nitrogens with zero attached hydrogens (tertiary/aromatic N) is 3. The Balaban J connectivity index is 1.67. The number of aromatic nitrogens is 2. The Morgan fingerprint density at radius 2 is 1.40 bits per heavy atom. The second-order valence-corrected chi connectivity index (χ2v) is 8.93. The third-order valence-corrected chi connectivity index (χ3v) is 6.82. The molecule has 0 radical (unpaired) electrons. The number of benzene rings is 4. The molecule has 6 aromatic rings. The van der Waals surface area contributed by atoms with Crippen LogP contribution >= 0.6 is 0 Å². The summed E-state index contributed by atoms with van der Waals surface area (Å²) in [6, 6.07) is 34.2.